The first kappa shape index (κ1) is 13.1. The number of aromatic nitrogens is 2. The monoisotopic (exact) mass is 228 g/mol. The van der Waals surface area contributed by atoms with Crippen molar-refractivity contribution in [2.45, 2.75) is 46.3 Å². The molecule has 0 spiro atoms. The van der Waals surface area contributed by atoms with Crippen LogP contribution in [0.15, 0.2) is 4.52 Å². The molecular weight excluding hydrogens is 208 g/mol. The molecule has 16 heavy (non-hydrogen) atoms. The van der Waals surface area contributed by atoms with Crippen LogP contribution < -0.4 is 0 Å². The van der Waals surface area contributed by atoms with Gasteiger partial charge in [0.25, 0.3) is 0 Å². The van der Waals surface area contributed by atoms with Crippen LogP contribution in [0.25, 0.3) is 0 Å². The summed E-state index contributed by atoms with van der Waals surface area (Å²) in [5.74, 6) is 0.974. The zero-order chi connectivity index (χ0) is 12.3. The first-order valence-electron chi connectivity index (χ1n) is 5.38. The molecule has 1 aromatic heterocycles. The SMILES string of the molecule is COC(c1noc(CC(C)O)n1)C(C)(C)C. The summed E-state index contributed by atoms with van der Waals surface area (Å²) in [7, 11) is 1.63. The molecule has 5 heteroatoms. The normalized spacial score (nSPS) is 16.1. The van der Waals surface area contributed by atoms with Crippen molar-refractivity contribution in [2.24, 2.45) is 5.41 Å². The predicted molar refractivity (Wildman–Crippen MR) is 58.9 cm³/mol. The predicted octanol–water partition coefficient (Wildman–Crippen LogP) is 1.73. The Morgan fingerprint density at radius 2 is 2.06 bits per heavy atom. The molecule has 92 valence electrons. The molecule has 1 heterocycles. The van der Waals surface area contributed by atoms with Gasteiger partial charge < -0.3 is 14.4 Å². The Hall–Kier alpha value is -0.940. The Morgan fingerprint density at radius 3 is 2.50 bits per heavy atom. The Labute approximate surface area is 95.8 Å². The Balaban J connectivity index is 2.83. The van der Waals surface area contributed by atoms with Crippen LogP contribution in [0.5, 0.6) is 0 Å². The molecule has 0 amide bonds. The molecule has 5 nitrogen and oxygen atoms in total. The molecule has 0 aliphatic rings. The van der Waals surface area contributed by atoms with E-state index in [4.69, 9.17) is 9.26 Å². The second-order valence-electron chi connectivity index (χ2n) is 5.08. The molecule has 1 N–H and O–H groups in total. The molecule has 0 fully saturated rings. The topological polar surface area (TPSA) is 68.4 Å². The molecule has 0 aliphatic carbocycles. The highest BCUT2D eigenvalue weighted by Gasteiger charge is 2.30. The first-order valence-corrected chi connectivity index (χ1v) is 5.38. The van der Waals surface area contributed by atoms with E-state index in [1.165, 1.54) is 0 Å². The second kappa shape index (κ2) is 4.93. The van der Waals surface area contributed by atoms with Crippen LogP contribution in [-0.2, 0) is 11.2 Å². The van der Waals surface area contributed by atoms with Crippen molar-refractivity contribution in [3.63, 3.8) is 0 Å². The zero-order valence-electron chi connectivity index (χ0n) is 10.5. The standard InChI is InChI=1S/C11H20N2O3/c1-7(14)6-8-12-10(13-16-8)9(15-5)11(2,3)4/h7,9,14H,6H2,1-5H3. The molecule has 2 atom stereocenters. The van der Waals surface area contributed by atoms with E-state index in [1.54, 1.807) is 14.0 Å². The van der Waals surface area contributed by atoms with E-state index in [0.717, 1.165) is 0 Å². The van der Waals surface area contributed by atoms with Gasteiger partial charge in [-0.3, -0.25) is 0 Å². The van der Waals surface area contributed by atoms with Gasteiger partial charge in [-0.25, -0.2) is 0 Å². The van der Waals surface area contributed by atoms with Gasteiger partial charge in [0.1, 0.15) is 6.10 Å². The average Bonchev–Trinajstić information content (AvgIpc) is 2.50. The maximum Gasteiger partial charge on any atom is 0.229 e. The molecular formula is C11H20N2O3. The molecule has 0 saturated carbocycles. The third-order valence-electron chi connectivity index (χ3n) is 2.21. The lowest BCUT2D eigenvalue weighted by atomic mass is 9.88. The highest BCUT2D eigenvalue weighted by molar-refractivity contribution is 4.96. The van der Waals surface area contributed by atoms with Crippen LogP contribution in [0.1, 0.15) is 45.5 Å². The van der Waals surface area contributed by atoms with Gasteiger partial charge in [-0.15, -0.1) is 0 Å². The van der Waals surface area contributed by atoms with E-state index < -0.39 is 6.10 Å². The van der Waals surface area contributed by atoms with Crippen molar-refractivity contribution in [3.8, 4) is 0 Å². The summed E-state index contributed by atoms with van der Waals surface area (Å²) in [4.78, 5) is 4.23. The highest BCUT2D eigenvalue weighted by atomic mass is 16.5. The minimum atomic E-state index is -0.482. The summed E-state index contributed by atoms with van der Waals surface area (Å²) in [5, 5.41) is 13.1. The fraction of sp³-hybridized carbons (Fsp3) is 0.818. The Bertz CT molecular complexity index is 328. The summed E-state index contributed by atoms with van der Waals surface area (Å²) in [6.07, 6.45) is -0.323. The summed E-state index contributed by atoms with van der Waals surface area (Å²) >= 11 is 0. The molecule has 0 saturated heterocycles. The van der Waals surface area contributed by atoms with E-state index in [-0.39, 0.29) is 11.5 Å². The largest absolute Gasteiger partial charge is 0.393 e. The van der Waals surface area contributed by atoms with Gasteiger partial charge in [-0.2, -0.15) is 4.98 Å². The van der Waals surface area contributed by atoms with Gasteiger partial charge in [0.15, 0.2) is 0 Å². The van der Waals surface area contributed by atoms with E-state index in [9.17, 15) is 5.11 Å². The van der Waals surface area contributed by atoms with Crippen molar-refractivity contribution < 1.29 is 14.4 Å². The molecule has 0 aromatic carbocycles. The maximum absolute atomic E-state index is 9.21. The van der Waals surface area contributed by atoms with Gasteiger partial charge >= 0.3 is 0 Å². The minimum absolute atomic E-state index is 0.0965. The highest BCUT2D eigenvalue weighted by Crippen LogP contribution is 2.33. The average molecular weight is 228 g/mol. The van der Waals surface area contributed by atoms with Gasteiger partial charge in [0.05, 0.1) is 12.5 Å². The van der Waals surface area contributed by atoms with E-state index in [0.29, 0.717) is 18.1 Å². The summed E-state index contributed by atoms with van der Waals surface area (Å²) in [5.41, 5.74) is -0.0965. The number of ether oxygens (including phenoxy) is 1. The number of hydrogen-bond acceptors (Lipinski definition) is 5. The Morgan fingerprint density at radius 1 is 1.44 bits per heavy atom. The third kappa shape index (κ3) is 3.28. The van der Waals surface area contributed by atoms with Crippen LogP contribution in [-0.4, -0.2) is 28.5 Å². The van der Waals surface area contributed by atoms with Gasteiger partial charge in [-0.1, -0.05) is 25.9 Å². The molecule has 0 aliphatic heterocycles. The number of nitrogens with zero attached hydrogens (tertiary/aromatic N) is 2. The molecule has 0 bridgehead atoms. The van der Waals surface area contributed by atoms with Crippen LogP contribution >= 0.6 is 0 Å². The lowest BCUT2D eigenvalue weighted by Gasteiger charge is -2.26. The van der Waals surface area contributed by atoms with Crippen LogP contribution in [0.3, 0.4) is 0 Å². The van der Waals surface area contributed by atoms with Crippen LogP contribution in [0.4, 0.5) is 0 Å². The van der Waals surface area contributed by atoms with E-state index >= 15 is 0 Å². The van der Waals surface area contributed by atoms with Gasteiger partial charge in [0.2, 0.25) is 11.7 Å². The number of aliphatic hydroxyl groups is 1. The van der Waals surface area contributed by atoms with Crippen molar-refractivity contribution in [3.05, 3.63) is 11.7 Å². The van der Waals surface area contributed by atoms with Crippen molar-refractivity contribution >= 4 is 0 Å². The maximum atomic E-state index is 9.21. The molecule has 0 radical (unpaired) electrons. The quantitative estimate of drug-likeness (QED) is 0.849. The first-order chi connectivity index (χ1) is 7.34. The van der Waals surface area contributed by atoms with Gasteiger partial charge in [-0.05, 0) is 12.3 Å². The second-order valence-corrected chi connectivity index (χ2v) is 5.08. The third-order valence-corrected chi connectivity index (χ3v) is 2.21. The number of methoxy groups -OCH3 is 1. The summed E-state index contributed by atoms with van der Waals surface area (Å²) in [6, 6.07) is 0. The van der Waals surface area contributed by atoms with Crippen molar-refractivity contribution in [1.82, 2.24) is 10.1 Å². The van der Waals surface area contributed by atoms with Crippen molar-refractivity contribution in [1.29, 1.82) is 0 Å². The molecule has 2 unspecified atom stereocenters. The lowest BCUT2D eigenvalue weighted by Crippen LogP contribution is -2.21. The lowest BCUT2D eigenvalue weighted by molar-refractivity contribution is 0.00718. The fourth-order valence-electron chi connectivity index (χ4n) is 1.56. The molecule has 1 aromatic rings. The fourth-order valence-corrected chi connectivity index (χ4v) is 1.56. The summed E-state index contributed by atoms with van der Waals surface area (Å²) < 4.78 is 10.4. The minimum Gasteiger partial charge on any atom is -0.393 e. The van der Waals surface area contributed by atoms with Crippen LogP contribution in [0.2, 0.25) is 0 Å². The van der Waals surface area contributed by atoms with E-state index in [1.807, 2.05) is 20.8 Å². The number of rotatable bonds is 4. The van der Waals surface area contributed by atoms with Crippen molar-refractivity contribution in [2.75, 3.05) is 7.11 Å². The Kier molecular flexibility index (Phi) is 4.04. The van der Waals surface area contributed by atoms with Crippen LogP contribution in [0, 0.1) is 5.41 Å². The zero-order valence-corrected chi connectivity index (χ0v) is 10.5. The van der Waals surface area contributed by atoms with Gasteiger partial charge in [0, 0.05) is 7.11 Å². The molecule has 1 rings (SSSR count). The smallest absolute Gasteiger partial charge is 0.229 e. The number of aliphatic hydroxyl groups excluding tert-OH is 1. The number of hydrogen-bond donors (Lipinski definition) is 1. The summed E-state index contributed by atoms with van der Waals surface area (Å²) in [6.45, 7) is 7.82. The van der Waals surface area contributed by atoms with E-state index in [2.05, 4.69) is 10.1 Å².